The molecule has 1 aliphatic rings. The van der Waals surface area contributed by atoms with Gasteiger partial charge in [-0.2, -0.15) is 13.2 Å². The van der Waals surface area contributed by atoms with Crippen LogP contribution in [0.15, 0.2) is 36.4 Å². The van der Waals surface area contributed by atoms with Crippen LogP contribution in [0.2, 0.25) is 15.1 Å². The van der Waals surface area contributed by atoms with Crippen molar-refractivity contribution < 1.29 is 27.6 Å². The zero-order chi connectivity index (χ0) is 27.5. The molecule has 2 aromatic carbocycles. The van der Waals surface area contributed by atoms with E-state index in [0.29, 0.717) is 15.6 Å². The van der Waals surface area contributed by atoms with Crippen molar-refractivity contribution in [1.82, 2.24) is 10.6 Å². The molecule has 1 fully saturated rings. The van der Waals surface area contributed by atoms with Gasteiger partial charge in [0, 0.05) is 41.2 Å². The van der Waals surface area contributed by atoms with E-state index >= 15 is 0 Å². The van der Waals surface area contributed by atoms with Crippen LogP contribution < -0.4 is 16.0 Å². The highest BCUT2D eigenvalue weighted by Gasteiger charge is 2.67. The van der Waals surface area contributed by atoms with E-state index in [0.717, 1.165) is 0 Å². The fraction of sp³-hybridized carbons (Fsp3) is 0.348. The van der Waals surface area contributed by atoms with Gasteiger partial charge < -0.3 is 16.0 Å². The van der Waals surface area contributed by atoms with Crippen LogP contribution in [0.3, 0.4) is 0 Å². The van der Waals surface area contributed by atoms with Crippen molar-refractivity contribution in [2.45, 2.75) is 29.3 Å². The molecular weight excluding hydrogens is 601 g/mol. The third-order valence-electron chi connectivity index (χ3n) is 5.43. The Kier molecular flexibility index (Phi) is 9.51. The van der Waals surface area contributed by atoms with Crippen LogP contribution in [0.5, 0.6) is 0 Å². The van der Waals surface area contributed by atoms with E-state index in [2.05, 4.69) is 16.0 Å². The average Bonchev–Trinajstić information content (AvgIpc) is 3.35. The van der Waals surface area contributed by atoms with Crippen molar-refractivity contribution in [1.29, 1.82) is 0 Å². The molecule has 0 aliphatic heterocycles. The summed E-state index contributed by atoms with van der Waals surface area (Å²) in [5.74, 6) is -3.19. The van der Waals surface area contributed by atoms with Crippen LogP contribution in [0, 0.1) is 5.92 Å². The lowest BCUT2D eigenvalue weighted by Gasteiger charge is -2.11. The number of carbonyl (C=O) groups excluding carboxylic acids is 3. The monoisotopic (exact) mass is 617 g/mol. The zero-order valence-corrected chi connectivity index (χ0v) is 22.5. The average molecular weight is 620 g/mol. The lowest BCUT2D eigenvalue weighted by atomic mass is 10.1. The number of benzene rings is 2. The summed E-state index contributed by atoms with van der Waals surface area (Å²) < 4.78 is 35.0. The van der Waals surface area contributed by atoms with E-state index in [4.69, 9.17) is 58.0 Å². The van der Waals surface area contributed by atoms with E-state index < -0.39 is 53.0 Å². The molecule has 3 amide bonds. The number of anilines is 1. The molecule has 1 saturated carbocycles. The van der Waals surface area contributed by atoms with Gasteiger partial charge in [0.2, 0.25) is 11.8 Å². The zero-order valence-electron chi connectivity index (χ0n) is 18.7. The summed E-state index contributed by atoms with van der Waals surface area (Å²) in [5, 5.41) is 8.04. The van der Waals surface area contributed by atoms with Crippen molar-refractivity contribution in [2.24, 2.45) is 5.92 Å². The second-order valence-electron chi connectivity index (χ2n) is 8.24. The Morgan fingerprint density at radius 2 is 1.57 bits per heavy atom. The van der Waals surface area contributed by atoms with Gasteiger partial charge in [-0.3, -0.25) is 14.4 Å². The number of halogens is 8. The topological polar surface area (TPSA) is 87.3 Å². The third-order valence-corrected chi connectivity index (χ3v) is 7.13. The summed E-state index contributed by atoms with van der Waals surface area (Å²) in [6, 6.07) is 8.97. The third kappa shape index (κ3) is 8.04. The number of rotatable bonds is 9. The summed E-state index contributed by atoms with van der Waals surface area (Å²) in [5.41, 5.74) is 0.846. The number of amides is 3. The molecule has 0 heterocycles. The normalized spacial score (nSPS) is 18.2. The van der Waals surface area contributed by atoms with Gasteiger partial charge in [0.05, 0.1) is 22.9 Å². The van der Waals surface area contributed by atoms with Gasteiger partial charge in [0.1, 0.15) is 4.33 Å². The highest BCUT2D eigenvalue weighted by Crippen LogP contribution is 2.65. The van der Waals surface area contributed by atoms with Gasteiger partial charge in [0.25, 0.3) is 5.91 Å². The molecule has 0 aromatic heterocycles. The number of nitrogens with one attached hydrogen (secondary N) is 3. The van der Waals surface area contributed by atoms with Gasteiger partial charge >= 0.3 is 6.18 Å². The summed E-state index contributed by atoms with van der Waals surface area (Å²) in [6.45, 7) is -0.696. The first-order chi connectivity index (χ1) is 17.2. The molecule has 14 heteroatoms. The van der Waals surface area contributed by atoms with E-state index in [1.165, 1.54) is 24.3 Å². The minimum atomic E-state index is -4.38. The Morgan fingerprint density at radius 1 is 0.919 bits per heavy atom. The predicted molar refractivity (Wildman–Crippen MR) is 138 cm³/mol. The van der Waals surface area contributed by atoms with E-state index in [1.54, 1.807) is 12.1 Å². The van der Waals surface area contributed by atoms with Crippen LogP contribution in [0.4, 0.5) is 18.9 Å². The van der Waals surface area contributed by atoms with Crippen LogP contribution in [0.1, 0.15) is 34.7 Å². The van der Waals surface area contributed by atoms with Crippen molar-refractivity contribution in [3.8, 4) is 0 Å². The Bertz CT molecular complexity index is 1190. The molecule has 2 atom stereocenters. The SMILES string of the molecule is O=C(CCNC(=O)c1cc(NC(=O)[C@H]2[C@H](c3cc(Cl)cc(Cl)c3)C2(Cl)Cl)ccc1Cl)NCCC(F)(F)F. The van der Waals surface area contributed by atoms with Gasteiger partial charge in [0.15, 0.2) is 0 Å². The molecule has 3 rings (SSSR count). The molecular formula is C23H19Cl5F3N3O3. The van der Waals surface area contributed by atoms with Crippen LogP contribution in [0.25, 0.3) is 0 Å². The molecule has 0 radical (unpaired) electrons. The summed E-state index contributed by atoms with van der Waals surface area (Å²) in [7, 11) is 0. The standard InChI is InChI=1S/C23H19Cl5F3N3O3/c24-12-7-11(8-13(25)9-12)18-19(23(18,27)28)21(37)34-14-1-2-16(26)15(10-14)20(36)33-5-3-17(35)32-6-4-22(29,30)31/h1-2,7-10,18-19H,3-6H2,(H,32,35)(H,33,36)(H,34,37)/t18-,19+/m0/s1. The second kappa shape index (κ2) is 11.9. The van der Waals surface area contributed by atoms with Gasteiger partial charge in [-0.25, -0.2) is 0 Å². The Hall–Kier alpha value is -1.91. The minimum Gasteiger partial charge on any atom is -0.356 e. The predicted octanol–water partition coefficient (Wildman–Crippen LogP) is 6.36. The molecule has 2 aromatic rings. The number of carbonyl (C=O) groups is 3. The molecule has 0 bridgehead atoms. The van der Waals surface area contributed by atoms with Gasteiger partial charge in [-0.05, 0) is 42.0 Å². The number of hydrogen-bond acceptors (Lipinski definition) is 3. The van der Waals surface area contributed by atoms with Crippen LogP contribution in [-0.2, 0) is 9.59 Å². The van der Waals surface area contributed by atoms with Crippen molar-refractivity contribution in [3.63, 3.8) is 0 Å². The van der Waals surface area contributed by atoms with Gasteiger partial charge in [-0.1, -0.05) is 34.8 Å². The first-order valence-corrected chi connectivity index (χ1v) is 12.6. The summed E-state index contributed by atoms with van der Waals surface area (Å²) in [6.07, 6.45) is -5.76. The van der Waals surface area contributed by atoms with Crippen LogP contribution in [-0.4, -0.2) is 41.3 Å². The quantitative estimate of drug-likeness (QED) is 0.286. The summed E-state index contributed by atoms with van der Waals surface area (Å²) >= 11 is 30.9. The maximum atomic E-state index is 12.9. The molecule has 0 unspecified atom stereocenters. The van der Waals surface area contributed by atoms with Gasteiger partial charge in [-0.15, -0.1) is 23.2 Å². The van der Waals surface area contributed by atoms with Crippen molar-refractivity contribution in [2.75, 3.05) is 18.4 Å². The molecule has 6 nitrogen and oxygen atoms in total. The fourth-order valence-corrected chi connectivity index (χ4v) is 5.21. The molecule has 0 saturated heterocycles. The molecule has 1 aliphatic carbocycles. The van der Waals surface area contributed by atoms with E-state index in [9.17, 15) is 27.6 Å². The summed E-state index contributed by atoms with van der Waals surface area (Å²) in [4.78, 5) is 37.1. The second-order valence-corrected chi connectivity index (χ2v) is 11.0. The minimum absolute atomic E-state index is 0.00827. The first-order valence-electron chi connectivity index (χ1n) is 10.7. The highest BCUT2D eigenvalue weighted by molar-refractivity contribution is 6.53. The van der Waals surface area contributed by atoms with E-state index in [-0.39, 0.29) is 29.2 Å². The first kappa shape index (κ1) is 29.6. The largest absolute Gasteiger partial charge is 0.390 e. The maximum absolute atomic E-state index is 12.9. The lowest BCUT2D eigenvalue weighted by molar-refractivity contribution is -0.135. The lowest BCUT2D eigenvalue weighted by Crippen LogP contribution is -2.32. The van der Waals surface area contributed by atoms with E-state index in [1.807, 2.05) is 0 Å². The molecule has 0 spiro atoms. The maximum Gasteiger partial charge on any atom is 0.390 e. The number of alkyl halides is 5. The molecule has 3 N–H and O–H groups in total. The van der Waals surface area contributed by atoms with Crippen molar-refractivity contribution >= 4 is 81.4 Å². The molecule has 200 valence electrons. The Morgan fingerprint density at radius 3 is 2.19 bits per heavy atom. The Balaban J connectivity index is 1.58. The highest BCUT2D eigenvalue weighted by atomic mass is 35.5. The number of hydrogen-bond donors (Lipinski definition) is 3. The smallest absolute Gasteiger partial charge is 0.356 e. The van der Waals surface area contributed by atoms with Crippen molar-refractivity contribution in [3.05, 3.63) is 62.6 Å². The van der Waals surface area contributed by atoms with Crippen LogP contribution >= 0.6 is 58.0 Å². The fourth-order valence-electron chi connectivity index (χ4n) is 3.64. The molecule has 37 heavy (non-hydrogen) atoms. The Labute approximate surface area is 235 Å².